The van der Waals surface area contributed by atoms with Crippen LogP contribution in [0.5, 0.6) is 5.75 Å². The second-order valence-corrected chi connectivity index (χ2v) is 4.70. The van der Waals surface area contributed by atoms with Crippen LogP contribution in [0.4, 0.5) is 13.2 Å². The summed E-state index contributed by atoms with van der Waals surface area (Å²) in [4.78, 5) is 0. The molecule has 1 aromatic carbocycles. The van der Waals surface area contributed by atoms with Crippen LogP contribution in [0, 0.1) is 0 Å². The van der Waals surface area contributed by atoms with Crippen LogP contribution in [0.15, 0.2) is 30.6 Å². The minimum Gasteiger partial charge on any atom is -0.492 e. The Balaban J connectivity index is 2.05. The summed E-state index contributed by atoms with van der Waals surface area (Å²) in [6, 6.07) is 5.13. The molecule has 4 nitrogen and oxygen atoms in total. The molecule has 1 atom stereocenters. The molecule has 2 N–H and O–H groups in total. The summed E-state index contributed by atoms with van der Waals surface area (Å²) in [7, 11) is 0. The summed E-state index contributed by atoms with van der Waals surface area (Å²) in [5.41, 5.74) is 7.75. The Morgan fingerprint density at radius 2 is 2.15 bits per heavy atom. The second kappa shape index (κ2) is 4.52. The van der Waals surface area contributed by atoms with Gasteiger partial charge in [0.1, 0.15) is 12.4 Å². The van der Waals surface area contributed by atoms with Gasteiger partial charge in [0.15, 0.2) is 0 Å². The first-order chi connectivity index (χ1) is 9.45. The quantitative estimate of drug-likeness (QED) is 0.873. The summed E-state index contributed by atoms with van der Waals surface area (Å²) in [6.45, 7) is 0.415. The SMILES string of the molecule is N[C@@H]1COc2cccc(-c3cnn(C(F)(F)F)c3)c2C1. The number of halogens is 3. The van der Waals surface area contributed by atoms with Crippen molar-refractivity contribution in [2.45, 2.75) is 18.8 Å². The van der Waals surface area contributed by atoms with Crippen molar-refractivity contribution in [3.05, 3.63) is 36.2 Å². The maximum atomic E-state index is 12.6. The van der Waals surface area contributed by atoms with E-state index in [-0.39, 0.29) is 10.7 Å². The molecule has 0 spiro atoms. The molecule has 0 fully saturated rings. The van der Waals surface area contributed by atoms with E-state index in [1.54, 1.807) is 18.2 Å². The van der Waals surface area contributed by atoms with Gasteiger partial charge in [0.2, 0.25) is 0 Å². The lowest BCUT2D eigenvalue weighted by molar-refractivity contribution is -0.212. The lowest BCUT2D eigenvalue weighted by Gasteiger charge is -2.24. The molecule has 7 heteroatoms. The van der Waals surface area contributed by atoms with Gasteiger partial charge in [-0.3, -0.25) is 0 Å². The first kappa shape index (κ1) is 13.0. The predicted molar refractivity (Wildman–Crippen MR) is 66.1 cm³/mol. The van der Waals surface area contributed by atoms with E-state index in [4.69, 9.17) is 10.5 Å². The van der Waals surface area contributed by atoms with Gasteiger partial charge in [0.05, 0.1) is 6.20 Å². The molecule has 0 aliphatic carbocycles. The normalized spacial score (nSPS) is 18.5. The van der Waals surface area contributed by atoms with E-state index in [1.165, 1.54) is 6.20 Å². The number of fused-ring (bicyclic) bond motifs is 1. The van der Waals surface area contributed by atoms with Crippen molar-refractivity contribution < 1.29 is 17.9 Å². The number of rotatable bonds is 1. The van der Waals surface area contributed by atoms with Gasteiger partial charge in [-0.1, -0.05) is 12.1 Å². The Labute approximate surface area is 112 Å². The standard InChI is InChI=1S/C13H12F3N3O/c14-13(15,16)19-6-8(5-18-19)10-2-1-3-12-11(10)4-9(17)7-20-12/h1-3,5-6,9H,4,7,17H2/t9-/m0/s1. The third-order valence-electron chi connectivity index (χ3n) is 3.21. The molecule has 1 aromatic heterocycles. The second-order valence-electron chi connectivity index (χ2n) is 4.70. The van der Waals surface area contributed by atoms with Crippen LogP contribution in [-0.2, 0) is 12.7 Å². The highest BCUT2D eigenvalue weighted by atomic mass is 19.4. The van der Waals surface area contributed by atoms with Gasteiger partial charge in [0.25, 0.3) is 0 Å². The third kappa shape index (κ3) is 2.24. The highest BCUT2D eigenvalue weighted by Crippen LogP contribution is 2.34. The van der Waals surface area contributed by atoms with E-state index in [0.717, 1.165) is 11.8 Å². The third-order valence-corrected chi connectivity index (χ3v) is 3.21. The molecule has 1 aliphatic rings. The first-order valence-corrected chi connectivity index (χ1v) is 6.07. The summed E-state index contributed by atoms with van der Waals surface area (Å²) >= 11 is 0. The van der Waals surface area contributed by atoms with Gasteiger partial charge < -0.3 is 10.5 Å². The number of nitrogens with zero attached hydrogens (tertiary/aromatic N) is 2. The van der Waals surface area contributed by atoms with Crippen molar-refractivity contribution in [1.82, 2.24) is 9.78 Å². The maximum absolute atomic E-state index is 12.6. The molecule has 2 heterocycles. The first-order valence-electron chi connectivity index (χ1n) is 6.07. The van der Waals surface area contributed by atoms with E-state index in [1.807, 2.05) is 0 Å². The van der Waals surface area contributed by atoms with Crippen molar-refractivity contribution in [1.29, 1.82) is 0 Å². The fourth-order valence-corrected chi connectivity index (χ4v) is 2.30. The van der Waals surface area contributed by atoms with Gasteiger partial charge in [-0.15, -0.1) is 13.2 Å². The smallest absolute Gasteiger partial charge is 0.492 e. The Hall–Kier alpha value is -2.02. The Kier molecular flexibility index (Phi) is 2.93. The summed E-state index contributed by atoms with van der Waals surface area (Å²) < 4.78 is 43.2. The number of hydrogen-bond donors (Lipinski definition) is 1. The van der Waals surface area contributed by atoms with Crippen molar-refractivity contribution in [3.8, 4) is 16.9 Å². The predicted octanol–water partition coefficient (Wildman–Crippen LogP) is 2.29. The zero-order valence-electron chi connectivity index (χ0n) is 10.4. The van der Waals surface area contributed by atoms with Crippen LogP contribution in [-0.4, -0.2) is 22.4 Å². The van der Waals surface area contributed by atoms with E-state index in [0.29, 0.717) is 29.9 Å². The molecular weight excluding hydrogens is 271 g/mol. The largest absolute Gasteiger partial charge is 0.504 e. The Bertz CT molecular complexity index is 636. The number of alkyl halides is 3. The number of benzene rings is 1. The molecule has 1 aliphatic heterocycles. The van der Waals surface area contributed by atoms with Gasteiger partial charge in [0, 0.05) is 23.4 Å². The number of ether oxygens (including phenoxy) is 1. The number of hydrogen-bond acceptors (Lipinski definition) is 3. The molecule has 0 unspecified atom stereocenters. The van der Waals surface area contributed by atoms with E-state index < -0.39 is 6.30 Å². The van der Waals surface area contributed by atoms with Crippen molar-refractivity contribution in [2.75, 3.05) is 6.61 Å². The molecule has 106 valence electrons. The minimum atomic E-state index is -4.51. The molecule has 20 heavy (non-hydrogen) atoms. The van der Waals surface area contributed by atoms with Crippen LogP contribution < -0.4 is 10.5 Å². The van der Waals surface area contributed by atoms with Gasteiger partial charge in [-0.2, -0.15) is 9.78 Å². The molecule has 0 saturated heterocycles. The highest BCUT2D eigenvalue weighted by molar-refractivity contribution is 5.69. The van der Waals surface area contributed by atoms with E-state index in [2.05, 4.69) is 5.10 Å². The molecule has 0 radical (unpaired) electrons. The van der Waals surface area contributed by atoms with Crippen molar-refractivity contribution in [3.63, 3.8) is 0 Å². The number of nitrogens with two attached hydrogens (primary N) is 1. The molecule has 3 rings (SSSR count). The van der Waals surface area contributed by atoms with Crippen LogP contribution in [0.1, 0.15) is 5.56 Å². The van der Waals surface area contributed by atoms with Crippen molar-refractivity contribution >= 4 is 0 Å². The van der Waals surface area contributed by atoms with Gasteiger partial charge in [-0.05, 0) is 18.1 Å². The van der Waals surface area contributed by atoms with Crippen LogP contribution in [0.2, 0.25) is 0 Å². The summed E-state index contributed by atoms with van der Waals surface area (Å²) in [5.74, 6) is 0.670. The van der Waals surface area contributed by atoms with Crippen LogP contribution >= 0.6 is 0 Å². The average Bonchev–Trinajstić information content (AvgIpc) is 2.87. The van der Waals surface area contributed by atoms with Gasteiger partial charge >= 0.3 is 6.30 Å². The Morgan fingerprint density at radius 1 is 1.35 bits per heavy atom. The average molecular weight is 283 g/mol. The lowest BCUT2D eigenvalue weighted by atomic mass is 9.95. The fraction of sp³-hybridized carbons (Fsp3) is 0.308. The molecule has 0 bridgehead atoms. The zero-order valence-corrected chi connectivity index (χ0v) is 10.4. The zero-order chi connectivity index (χ0) is 14.3. The van der Waals surface area contributed by atoms with Crippen LogP contribution in [0.3, 0.4) is 0 Å². The summed E-state index contributed by atoms with van der Waals surface area (Å²) in [5, 5.41) is 3.35. The minimum absolute atomic E-state index is 0.00859. The molecule has 0 saturated carbocycles. The topological polar surface area (TPSA) is 53.1 Å². The maximum Gasteiger partial charge on any atom is 0.504 e. The van der Waals surface area contributed by atoms with E-state index in [9.17, 15) is 13.2 Å². The number of aromatic nitrogens is 2. The monoisotopic (exact) mass is 283 g/mol. The summed E-state index contributed by atoms with van der Waals surface area (Å²) in [6.07, 6.45) is -1.78. The lowest BCUT2D eigenvalue weighted by Crippen LogP contribution is -2.34. The molecule has 2 aromatic rings. The molecular formula is C13H12F3N3O. The van der Waals surface area contributed by atoms with E-state index >= 15 is 0 Å². The fourth-order valence-electron chi connectivity index (χ4n) is 2.30. The molecule has 0 amide bonds. The Morgan fingerprint density at radius 3 is 2.85 bits per heavy atom. The van der Waals surface area contributed by atoms with Crippen molar-refractivity contribution in [2.24, 2.45) is 5.73 Å². The van der Waals surface area contributed by atoms with Crippen LogP contribution in [0.25, 0.3) is 11.1 Å². The van der Waals surface area contributed by atoms with Gasteiger partial charge in [-0.25, -0.2) is 0 Å². The highest BCUT2D eigenvalue weighted by Gasteiger charge is 2.32.